The fourth-order valence-electron chi connectivity index (χ4n) is 3.41. The van der Waals surface area contributed by atoms with Gasteiger partial charge in [0.1, 0.15) is 5.75 Å². The molecule has 0 spiro atoms. The number of carbonyl (C=O) groups is 1. The molecule has 10 nitrogen and oxygen atoms in total. The zero-order chi connectivity index (χ0) is 21.8. The van der Waals surface area contributed by atoms with Gasteiger partial charge in [-0.25, -0.2) is 0 Å². The van der Waals surface area contributed by atoms with E-state index in [2.05, 4.69) is 31.1 Å². The predicted molar refractivity (Wildman–Crippen MR) is 116 cm³/mol. The minimum Gasteiger partial charge on any atom is -0.495 e. The number of ether oxygens (including phenoxy) is 1. The first kappa shape index (κ1) is 20.5. The fraction of sp³-hybridized carbons (Fsp3) is 0.238. The first-order chi connectivity index (χ1) is 15.1. The molecular formula is C21H23N7O3. The van der Waals surface area contributed by atoms with Crippen LogP contribution < -0.4 is 26.4 Å². The average molecular weight is 421 g/mol. The van der Waals surface area contributed by atoms with E-state index in [1.54, 1.807) is 31.4 Å². The van der Waals surface area contributed by atoms with E-state index in [1.165, 1.54) is 5.56 Å². The summed E-state index contributed by atoms with van der Waals surface area (Å²) in [7, 11) is 1.60. The van der Waals surface area contributed by atoms with Gasteiger partial charge in [-0.15, -0.1) is 10.2 Å². The topological polar surface area (TPSA) is 147 Å². The second-order valence-electron chi connectivity index (χ2n) is 7.05. The van der Waals surface area contributed by atoms with Crippen LogP contribution in [-0.2, 0) is 19.6 Å². The van der Waals surface area contributed by atoms with Gasteiger partial charge in [0.2, 0.25) is 5.95 Å². The monoisotopic (exact) mass is 421 g/mol. The molecular weight excluding hydrogens is 398 g/mol. The number of fused-ring (bicyclic) bond motifs is 1. The van der Waals surface area contributed by atoms with Crippen molar-refractivity contribution in [3.8, 4) is 5.75 Å². The first-order valence-corrected chi connectivity index (χ1v) is 9.76. The molecule has 0 fully saturated rings. The van der Waals surface area contributed by atoms with Crippen LogP contribution >= 0.6 is 0 Å². The van der Waals surface area contributed by atoms with E-state index in [0.717, 1.165) is 25.1 Å². The van der Waals surface area contributed by atoms with Crippen molar-refractivity contribution in [1.29, 1.82) is 0 Å². The summed E-state index contributed by atoms with van der Waals surface area (Å²) in [6, 6.07) is 11.1. The number of benzene rings is 2. The minimum absolute atomic E-state index is 0.0958. The van der Waals surface area contributed by atoms with Crippen LogP contribution in [0.2, 0.25) is 0 Å². The van der Waals surface area contributed by atoms with Crippen LogP contribution in [0.5, 0.6) is 5.75 Å². The molecule has 1 aliphatic heterocycles. The number of nitrogens with zero attached hydrogens (tertiary/aromatic N) is 3. The Morgan fingerprint density at radius 3 is 2.87 bits per heavy atom. The molecule has 0 saturated heterocycles. The van der Waals surface area contributed by atoms with Crippen molar-refractivity contribution in [2.45, 2.75) is 19.6 Å². The molecule has 160 valence electrons. The van der Waals surface area contributed by atoms with Crippen molar-refractivity contribution in [1.82, 2.24) is 20.5 Å². The molecule has 4 rings (SSSR count). The van der Waals surface area contributed by atoms with E-state index in [1.807, 2.05) is 12.1 Å². The lowest BCUT2D eigenvalue weighted by molar-refractivity contribution is 0.0995. The second-order valence-corrected chi connectivity index (χ2v) is 7.05. The highest BCUT2D eigenvalue weighted by Gasteiger charge is 2.18. The largest absolute Gasteiger partial charge is 0.495 e. The van der Waals surface area contributed by atoms with E-state index in [0.29, 0.717) is 22.7 Å². The highest BCUT2D eigenvalue weighted by Crippen LogP contribution is 2.32. The molecule has 2 heterocycles. The van der Waals surface area contributed by atoms with Gasteiger partial charge >= 0.3 is 0 Å². The van der Waals surface area contributed by atoms with E-state index in [-0.39, 0.29) is 24.1 Å². The molecule has 1 aliphatic rings. The number of rotatable bonds is 7. The number of carbonyl (C=O) groups excluding carboxylic acids is 1. The third kappa shape index (κ3) is 4.55. The van der Waals surface area contributed by atoms with Gasteiger partial charge in [0, 0.05) is 12.2 Å². The average Bonchev–Trinajstić information content (AvgIpc) is 2.78. The van der Waals surface area contributed by atoms with Gasteiger partial charge in [0.15, 0.2) is 11.5 Å². The molecule has 0 atom stereocenters. The summed E-state index contributed by atoms with van der Waals surface area (Å²) in [4.78, 5) is 16.2. The van der Waals surface area contributed by atoms with Gasteiger partial charge in [-0.3, -0.25) is 4.79 Å². The van der Waals surface area contributed by atoms with E-state index in [9.17, 15) is 9.90 Å². The number of aliphatic hydroxyl groups excluding tert-OH is 1. The molecule has 6 N–H and O–H groups in total. The van der Waals surface area contributed by atoms with E-state index in [4.69, 9.17) is 10.5 Å². The standard InChI is InChI=1S/C21H23N7O3/c1-31-17-9-13-5-6-23-10-14(13)8-16(17)25-21-26-20(18(19(22)30)27-28-21)24-15-4-2-3-12(7-15)11-29/h2-4,7-9,23,29H,5-6,10-11H2,1H3,(H2,22,30)(H2,24,25,26,28). The molecule has 10 heteroatoms. The van der Waals surface area contributed by atoms with Crippen LogP contribution in [0.3, 0.4) is 0 Å². The van der Waals surface area contributed by atoms with Gasteiger partial charge in [0.05, 0.1) is 19.4 Å². The molecule has 1 aromatic heterocycles. The number of methoxy groups -OCH3 is 1. The fourth-order valence-corrected chi connectivity index (χ4v) is 3.41. The summed E-state index contributed by atoms with van der Waals surface area (Å²) in [5.74, 6) is 0.227. The molecule has 0 unspecified atom stereocenters. The number of aromatic nitrogens is 3. The third-order valence-electron chi connectivity index (χ3n) is 4.95. The van der Waals surface area contributed by atoms with Crippen LogP contribution in [0, 0.1) is 0 Å². The number of nitrogens with two attached hydrogens (primary N) is 1. The Morgan fingerprint density at radius 1 is 1.23 bits per heavy atom. The number of aliphatic hydroxyl groups is 1. The maximum Gasteiger partial charge on any atom is 0.273 e. The van der Waals surface area contributed by atoms with E-state index < -0.39 is 5.91 Å². The Kier molecular flexibility index (Phi) is 5.92. The Hall–Kier alpha value is -3.76. The lowest BCUT2D eigenvalue weighted by atomic mass is 10.00. The molecule has 2 aromatic carbocycles. The molecule has 0 bridgehead atoms. The Balaban J connectivity index is 1.67. The van der Waals surface area contributed by atoms with Crippen molar-refractivity contribution in [2.75, 3.05) is 24.3 Å². The summed E-state index contributed by atoms with van der Waals surface area (Å²) in [6.45, 7) is 1.58. The van der Waals surface area contributed by atoms with Gasteiger partial charge in [0.25, 0.3) is 5.91 Å². The van der Waals surface area contributed by atoms with Crippen molar-refractivity contribution in [2.24, 2.45) is 5.73 Å². The van der Waals surface area contributed by atoms with E-state index >= 15 is 0 Å². The molecule has 3 aromatic rings. The van der Waals surface area contributed by atoms with Crippen LogP contribution in [0.15, 0.2) is 36.4 Å². The predicted octanol–water partition coefficient (Wildman–Crippen LogP) is 1.60. The van der Waals surface area contributed by atoms with Crippen LogP contribution in [0.4, 0.5) is 23.1 Å². The van der Waals surface area contributed by atoms with Crippen molar-refractivity contribution >= 4 is 29.0 Å². The molecule has 0 aliphatic carbocycles. The Bertz CT molecular complexity index is 1120. The Labute approximate surface area is 178 Å². The highest BCUT2D eigenvalue weighted by atomic mass is 16.5. The van der Waals surface area contributed by atoms with Crippen LogP contribution in [-0.4, -0.2) is 39.8 Å². The summed E-state index contributed by atoms with van der Waals surface area (Å²) in [5, 5.41) is 26.8. The van der Waals surface area contributed by atoms with Gasteiger partial charge in [-0.1, -0.05) is 12.1 Å². The van der Waals surface area contributed by atoms with Gasteiger partial charge in [-0.2, -0.15) is 4.98 Å². The van der Waals surface area contributed by atoms with Crippen molar-refractivity contribution in [3.63, 3.8) is 0 Å². The SMILES string of the molecule is COc1cc2c(cc1Nc1nnc(C(N)=O)c(Nc3cccc(CO)c3)n1)CNCC2. The quantitative estimate of drug-likeness (QED) is 0.384. The number of nitrogens with one attached hydrogen (secondary N) is 3. The lowest BCUT2D eigenvalue weighted by Gasteiger charge is -2.20. The molecule has 1 amide bonds. The Morgan fingerprint density at radius 2 is 2.10 bits per heavy atom. The zero-order valence-corrected chi connectivity index (χ0v) is 17.0. The van der Waals surface area contributed by atoms with Crippen molar-refractivity contribution in [3.05, 3.63) is 58.8 Å². The lowest BCUT2D eigenvalue weighted by Crippen LogP contribution is -2.23. The van der Waals surface area contributed by atoms with Crippen LogP contribution in [0.25, 0.3) is 0 Å². The van der Waals surface area contributed by atoms with Gasteiger partial charge in [-0.05, 0) is 53.9 Å². The zero-order valence-electron chi connectivity index (χ0n) is 17.0. The highest BCUT2D eigenvalue weighted by molar-refractivity contribution is 5.96. The number of hydrogen-bond donors (Lipinski definition) is 5. The number of amides is 1. The van der Waals surface area contributed by atoms with Crippen molar-refractivity contribution < 1.29 is 14.6 Å². The first-order valence-electron chi connectivity index (χ1n) is 9.76. The number of hydrogen-bond acceptors (Lipinski definition) is 9. The molecule has 31 heavy (non-hydrogen) atoms. The number of anilines is 4. The summed E-state index contributed by atoms with van der Waals surface area (Å²) in [5.41, 5.74) is 9.76. The normalized spacial score (nSPS) is 12.7. The summed E-state index contributed by atoms with van der Waals surface area (Å²) >= 11 is 0. The maximum atomic E-state index is 11.8. The van der Waals surface area contributed by atoms with Crippen LogP contribution in [0.1, 0.15) is 27.2 Å². The molecule has 0 saturated carbocycles. The molecule has 0 radical (unpaired) electrons. The third-order valence-corrected chi connectivity index (χ3v) is 4.95. The van der Waals surface area contributed by atoms with Gasteiger partial charge < -0.3 is 31.5 Å². The summed E-state index contributed by atoms with van der Waals surface area (Å²) in [6.07, 6.45) is 0.929. The smallest absolute Gasteiger partial charge is 0.273 e. The number of primary amides is 1. The maximum absolute atomic E-state index is 11.8. The summed E-state index contributed by atoms with van der Waals surface area (Å²) < 4.78 is 5.52. The minimum atomic E-state index is -0.759. The second kappa shape index (κ2) is 8.94.